The molecule has 0 amide bonds. The number of rotatable bonds is 6. The number of benzene rings is 3. The second kappa shape index (κ2) is 7.66. The van der Waals surface area contributed by atoms with E-state index in [2.05, 4.69) is 15.9 Å². The van der Waals surface area contributed by atoms with Crippen LogP contribution in [0.4, 0.5) is 0 Å². The van der Waals surface area contributed by atoms with Crippen molar-refractivity contribution in [1.29, 1.82) is 0 Å². The minimum atomic E-state index is -0.0892. The summed E-state index contributed by atoms with van der Waals surface area (Å²) in [6.45, 7) is 0.317. The average Bonchev–Trinajstić information content (AvgIpc) is 2.68. The van der Waals surface area contributed by atoms with Gasteiger partial charge in [-0.2, -0.15) is 0 Å². The average molecular weight is 417 g/mol. The van der Waals surface area contributed by atoms with Crippen LogP contribution in [-0.4, -0.2) is 25.6 Å². The van der Waals surface area contributed by atoms with Gasteiger partial charge < -0.3 is 19.3 Å². The molecule has 26 heavy (non-hydrogen) atoms. The third-order valence-corrected chi connectivity index (χ3v) is 4.87. The standard InChI is InChI=1S/C20H17BrO5/c1-24-16-9-15(26-11-12-6-4-3-5-7-12)17-14(20(16)25-2)8-13(10-22)18(21)19(17)23/h3-10,23H,11H2,1-2H3. The van der Waals surface area contributed by atoms with Crippen molar-refractivity contribution in [1.82, 2.24) is 0 Å². The molecule has 0 aliphatic heterocycles. The molecule has 0 aromatic heterocycles. The fourth-order valence-electron chi connectivity index (χ4n) is 2.78. The van der Waals surface area contributed by atoms with Crippen LogP contribution in [0.3, 0.4) is 0 Å². The van der Waals surface area contributed by atoms with E-state index < -0.39 is 0 Å². The van der Waals surface area contributed by atoms with Crippen molar-refractivity contribution in [2.75, 3.05) is 14.2 Å². The second-order valence-electron chi connectivity index (χ2n) is 5.55. The van der Waals surface area contributed by atoms with Gasteiger partial charge in [-0.15, -0.1) is 0 Å². The van der Waals surface area contributed by atoms with Crippen LogP contribution in [0.1, 0.15) is 15.9 Å². The molecule has 1 N–H and O–H groups in total. The van der Waals surface area contributed by atoms with E-state index in [1.165, 1.54) is 14.2 Å². The number of methoxy groups -OCH3 is 2. The molecule has 3 aromatic rings. The highest BCUT2D eigenvalue weighted by Crippen LogP contribution is 2.48. The summed E-state index contributed by atoms with van der Waals surface area (Å²) < 4.78 is 17.1. The number of phenolic OH excluding ortho intramolecular Hbond substituents is 1. The Labute approximate surface area is 159 Å². The Morgan fingerprint density at radius 2 is 1.81 bits per heavy atom. The highest BCUT2D eigenvalue weighted by atomic mass is 79.9. The van der Waals surface area contributed by atoms with E-state index in [1.54, 1.807) is 12.1 Å². The van der Waals surface area contributed by atoms with Gasteiger partial charge in [0.1, 0.15) is 18.1 Å². The molecule has 5 nitrogen and oxygen atoms in total. The molecule has 0 heterocycles. The summed E-state index contributed by atoms with van der Waals surface area (Å²) in [5, 5.41) is 11.6. The van der Waals surface area contributed by atoms with Gasteiger partial charge in [-0.3, -0.25) is 4.79 Å². The van der Waals surface area contributed by atoms with Crippen molar-refractivity contribution in [2.45, 2.75) is 6.61 Å². The first-order valence-electron chi connectivity index (χ1n) is 7.82. The zero-order valence-electron chi connectivity index (χ0n) is 14.3. The molecule has 6 heteroatoms. The molecule has 0 atom stereocenters. The van der Waals surface area contributed by atoms with Crippen molar-refractivity contribution in [2.24, 2.45) is 0 Å². The molecule has 0 aliphatic rings. The number of hydrogen-bond acceptors (Lipinski definition) is 5. The maximum atomic E-state index is 11.3. The Hall–Kier alpha value is -2.73. The number of fused-ring (bicyclic) bond motifs is 1. The minimum Gasteiger partial charge on any atom is -0.506 e. The summed E-state index contributed by atoms with van der Waals surface area (Å²) in [5.41, 5.74) is 1.29. The van der Waals surface area contributed by atoms with Gasteiger partial charge in [-0.05, 0) is 27.6 Å². The van der Waals surface area contributed by atoms with E-state index in [1.807, 2.05) is 30.3 Å². The van der Waals surface area contributed by atoms with Gasteiger partial charge in [-0.1, -0.05) is 30.3 Å². The predicted molar refractivity (Wildman–Crippen MR) is 103 cm³/mol. The Balaban J connectivity index is 2.21. The van der Waals surface area contributed by atoms with Gasteiger partial charge in [0.25, 0.3) is 0 Å². The Bertz CT molecular complexity index is 954. The first kappa shape index (κ1) is 18.1. The monoisotopic (exact) mass is 416 g/mol. The van der Waals surface area contributed by atoms with Crippen LogP contribution in [-0.2, 0) is 6.61 Å². The normalized spacial score (nSPS) is 10.6. The van der Waals surface area contributed by atoms with Gasteiger partial charge in [0.05, 0.1) is 24.1 Å². The van der Waals surface area contributed by atoms with Gasteiger partial charge in [0.15, 0.2) is 17.8 Å². The molecule has 0 aliphatic carbocycles. The number of carbonyl (C=O) groups is 1. The van der Waals surface area contributed by atoms with Crippen molar-refractivity contribution in [3.63, 3.8) is 0 Å². The number of aldehydes is 1. The van der Waals surface area contributed by atoms with Crippen molar-refractivity contribution in [3.8, 4) is 23.0 Å². The molecule has 0 fully saturated rings. The maximum Gasteiger partial charge on any atom is 0.168 e. The van der Waals surface area contributed by atoms with Crippen LogP contribution in [0.2, 0.25) is 0 Å². The smallest absolute Gasteiger partial charge is 0.168 e. The molecule has 0 bridgehead atoms. The maximum absolute atomic E-state index is 11.3. The molecule has 3 aromatic carbocycles. The van der Waals surface area contributed by atoms with E-state index >= 15 is 0 Å². The second-order valence-corrected chi connectivity index (χ2v) is 6.35. The minimum absolute atomic E-state index is 0.0892. The van der Waals surface area contributed by atoms with E-state index in [9.17, 15) is 9.90 Å². The summed E-state index contributed by atoms with van der Waals surface area (Å²) in [5.74, 6) is 1.20. The lowest BCUT2D eigenvalue weighted by atomic mass is 10.0. The van der Waals surface area contributed by atoms with Gasteiger partial charge >= 0.3 is 0 Å². The summed E-state index contributed by atoms with van der Waals surface area (Å²) in [6.07, 6.45) is 0.659. The first-order valence-corrected chi connectivity index (χ1v) is 8.62. The van der Waals surface area contributed by atoms with E-state index in [-0.39, 0.29) is 5.75 Å². The molecule has 0 saturated heterocycles. The first-order chi connectivity index (χ1) is 12.6. The van der Waals surface area contributed by atoms with Crippen LogP contribution in [0.5, 0.6) is 23.0 Å². The molecular formula is C20H17BrO5. The lowest BCUT2D eigenvalue weighted by molar-refractivity contribution is 0.112. The number of aromatic hydroxyl groups is 1. The largest absolute Gasteiger partial charge is 0.506 e. The summed E-state index contributed by atoms with van der Waals surface area (Å²) in [4.78, 5) is 11.3. The molecular weight excluding hydrogens is 400 g/mol. The number of carbonyl (C=O) groups excluding carboxylic acids is 1. The summed E-state index contributed by atoms with van der Waals surface area (Å²) >= 11 is 3.26. The molecule has 0 radical (unpaired) electrons. The Kier molecular flexibility index (Phi) is 5.32. The van der Waals surface area contributed by atoms with Crippen molar-refractivity contribution >= 4 is 33.0 Å². The van der Waals surface area contributed by atoms with Crippen molar-refractivity contribution < 1.29 is 24.1 Å². The molecule has 0 spiro atoms. The number of phenols is 1. The third kappa shape index (κ3) is 3.20. The number of halogens is 1. The predicted octanol–water partition coefficient (Wildman–Crippen LogP) is 4.72. The summed E-state index contributed by atoms with van der Waals surface area (Å²) in [7, 11) is 3.02. The Morgan fingerprint density at radius 3 is 2.42 bits per heavy atom. The summed E-state index contributed by atoms with van der Waals surface area (Å²) in [6, 6.07) is 13.0. The Morgan fingerprint density at radius 1 is 1.08 bits per heavy atom. The fourth-order valence-corrected chi connectivity index (χ4v) is 3.19. The highest BCUT2D eigenvalue weighted by molar-refractivity contribution is 9.10. The molecule has 134 valence electrons. The van der Waals surface area contributed by atoms with Crippen molar-refractivity contribution in [3.05, 3.63) is 58.1 Å². The van der Waals surface area contributed by atoms with Gasteiger partial charge in [-0.25, -0.2) is 0 Å². The fraction of sp³-hybridized carbons (Fsp3) is 0.150. The van der Waals surface area contributed by atoms with Gasteiger partial charge in [0, 0.05) is 17.0 Å². The van der Waals surface area contributed by atoms with Crippen LogP contribution in [0.15, 0.2) is 46.9 Å². The van der Waals surface area contributed by atoms with E-state index in [4.69, 9.17) is 14.2 Å². The zero-order chi connectivity index (χ0) is 18.7. The van der Waals surface area contributed by atoms with Crippen LogP contribution >= 0.6 is 15.9 Å². The van der Waals surface area contributed by atoms with Gasteiger partial charge in [0.2, 0.25) is 0 Å². The van der Waals surface area contributed by atoms with Crippen LogP contribution < -0.4 is 14.2 Å². The quantitative estimate of drug-likeness (QED) is 0.589. The molecule has 0 unspecified atom stereocenters. The molecule has 3 rings (SSSR count). The van der Waals surface area contributed by atoms with Crippen LogP contribution in [0.25, 0.3) is 10.8 Å². The lowest BCUT2D eigenvalue weighted by Crippen LogP contribution is -2.00. The SMILES string of the molecule is COc1cc(OCc2ccccc2)c2c(O)c(Br)c(C=O)cc2c1OC. The number of ether oxygens (including phenoxy) is 3. The topological polar surface area (TPSA) is 65.0 Å². The number of hydrogen-bond donors (Lipinski definition) is 1. The van der Waals surface area contributed by atoms with E-state index in [0.717, 1.165) is 5.56 Å². The zero-order valence-corrected chi connectivity index (χ0v) is 15.9. The third-order valence-electron chi connectivity index (χ3n) is 4.03. The highest BCUT2D eigenvalue weighted by Gasteiger charge is 2.21. The lowest BCUT2D eigenvalue weighted by Gasteiger charge is -2.17. The van der Waals surface area contributed by atoms with E-state index in [0.29, 0.717) is 51.0 Å². The molecule has 0 saturated carbocycles. The van der Waals surface area contributed by atoms with Crippen LogP contribution in [0, 0.1) is 0 Å².